The lowest BCUT2D eigenvalue weighted by molar-refractivity contribution is -0.168. The van der Waals surface area contributed by atoms with Gasteiger partial charge in [-0.15, -0.1) is 0 Å². The largest absolute Gasteiger partial charge is 0.493 e. The van der Waals surface area contributed by atoms with Crippen molar-refractivity contribution in [2.24, 2.45) is 0 Å². The summed E-state index contributed by atoms with van der Waals surface area (Å²) >= 11 is 0. The number of hydrogen-bond acceptors (Lipinski definition) is 4. The second-order valence-corrected chi connectivity index (χ2v) is 7.37. The van der Waals surface area contributed by atoms with Crippen molar-refractivity contribution in [3.63, 3.8) is 0 Å². The number of oxazole rings is 1. The molecule has 1 aliphatic rings. The SMILES string of the molecule is Cc1oc(-c2ccccc2)nc1CCOc1ccc2c(c1)CCC2C(F)(F)C(=O)O. The van der Waals surface area contributed by atoms with Gasteiger partial charge in [0.1, 0.15) is 11.5 Å². The maximum Gasteiger partial charge on any atom is 0.375 e. The third kappa shape index (κ3) is 3.79. The molecule has 2 aromatic carbocycles. The van der Waals surface area contributed by atoms with Crippen molar-refractivity contribution >= 4 is 5.97 Å². The van der Waals surface area contributed by atoms with Crippen molar-refractivity contribution in [3.05, 3.63) is 71.1 Å². The van der Waals surface area contributed by atoms with Gasteiger partial charge in [0.05, 0.1) is 18.2 Å². The van der Waals surface area contributed by atoms with Gasteiger partial charge in [-0.05, 0) is 55.2 Å². The van der Waals surface area contributed by atoms with Gasteiger partial charge in [0.15, 0.2) is 0 Å². The van der Waals surface area contributed by atoms with Crippen LogP contribution in [0.2, 0.25) is 0 Å². The first-order chi connectivity index (χ1) is 14.4. The molecule has 0 spiro atoms. The van der Waals surface area contributed by atoms with Crippen LogP contribution in [0.15, 0.2) is 52.9 Å². The number of rotatable bonds is 7. The molecule has 1 aliphatic carbocycles. The first-order valence-electron chi connectivity index (χ1n) is 9.75. The number of carboxylic acids is 1. The fourth-order valence-electron chi connectivity index (χ4n) is 3.84. The van der Waals surface area contributed by atoms with E-state index in [2.05, 4.69) is 4.98 Å². The van der Waals surface area contributed by atoms with E-state index in [0.29, 0.717) is 42.2 Å². The number of nitrogens with zero attached hydrogens (tertiary/aromatic N) is 1. The van der Waals surface area contributed by atoms with Crippen LogP contribution in [0.25, 0.3) is 11.5 Å². The summed E-state index contributed by atoms with van der Waals surface area (Å²) in [6.07, 6.45) is 1.06. The smallest absolute Gasteiger partial charge is 0.375 e. The van der Waals surface area contributed by atoms with Crippen LogP contribution >= 0.6 is 0 Å². The summed E-state index contributed by atoms with van der Waals surface area (Å²) in [6, 6.07) is 14.5. The summed E-state index contributed by atoms with van der Waals surface area (Å²) in [4.78, 5) is 15.4. The molecule has 0 bridgehead atoms. The Balaban J connectivity index is 1.40. The minimum atomic E-state index is -3.77. The fraction of sp³-hybridized carbons (Fsp3) is 0.304. The molecule has 156 valence electrons. The van der Waals surface area contributed by atoms with E-state index in [1.54, 1.807) is 18.2 Å². The molecule has 0 saturated carbocycles. The van der Waals surface area contributed by atoms with Crippen LogP contribution < -0.4 is 4.74 Å². The van der Waals surface area contributed by atoms with Gasteiger partial charge in [0, 0.05) is 12.0 Å². The lowest BCUT2D eigenvalue weighted by Gasteiger charge is -2.19. The first-order valence-corrected chi connectivity index (χ1v) is 9.75. The predicted octanol–water partition coefficient (Wildman–Crippen LogP) is 5.02. The van der Waals surface area contributed by atoms with Gasteiger partial charge in [-0.1, -0.05) is 24.3 Å². The summed E-state index contributed by atoms with van der Waals surface area (Å²) in [5.41, 5.74) is 2.80. The Kier molecular flexibility index (Phi) is 5.28. The number of carboxylic acid groups (broad SMARTS) is 1. The molecule has 0 fully saturated rings. The topological polar surface area (TPSA) is 72.6 Å². The number of ether oxygens (including phenoxy) is 1. The third-order valence-electron chi connectivity index (χ3n) is 5.44. The molecule has 5 nitrogen and oxygen atoms in total. The molecular formula is C23H21F2NO4. The third-order valence-corrected chi connectivity index (χ3v) is 5.44. The fourth-order valence-corrected chi connectivity index (χ4v) is 3.84. The van der Waals surface area contributed by atoms with Crippen LogP contribution in [0.5, 0.6) is 5.75 Å². The highest BCUT2D eigenvalue weighted by Crippen LogP contribution is 2.44. The molecule has 1 aromatic heterocycles. The van der Waals surface area contributed by atoms with Crippen LogP contribution in [-0.4, -0.2) is 28.6 Å². The number of hydrogen-bond donors (Lipinski definition) is 1. The molecular weight excluding hydrogens is 392 g/mol. The van der Waals surface area contributed by atoms with E-state index in [0.717, 1.165) is 17.0 Å². The van der Waals surface area contributed by atoms with Crippen LogP contribution in [0.3, 0.4) is 0 Å². The molecule has 0 aliphatic heterocycles. The van der Waals surface area contributed by atoms with E-state index in [4.69, 9.17) is 14.3 Å². The van der Waals surface area contributed by atoms with Crippen molar-refractivity contribution in [1.82, 2.24) is 4.98 Å². The van der Waals surface area contributed by atoms with Gasteiger partial charge in [0.2, 0.25) is 5.89 Å². The number of halogens is 2. The highest BCUT2D eigenvalue weighted by Gasteiger charge is 2.50. The Hall–Kier alpha value is -3.22. The summed E-state index contributed by atoms with van der Waals surface area (Å²) in [7, 11) is 0. The monoisotopic (exact) mass is 413 g/mol. The van der Waals surface area contributed by atoms with Gasteiger partial charge >= 0.3 is 11.9 Å². The number of aliphatic carboxylic acids is 1. The summed E-state index contributed by atoms with van der Waals surface area (Å²) in [6.45, 7) is 2.21. The Bertz CT molecular complexity index is 1060. The number of aryl methyl sites for hydroxylation is 2. The van der Waals surface area contributed by atoms with E-state index in [-0.39, 0.29) is 6.42 Å². The summed E-state index contributed by atoms with van der Waals surface area (Å²) in [5.74, 6) is -5.30. The van der Waals surface area contributed by atoms with E-state index in [9.17, 15) is 13.6 Å². The molecule has 4 rings (SSSR count). The number of alkyl halides is 2. The number of benzene rings is 2. The average molecular weight is 413 g/mol. The number of fused-ring (bicyclic) bond motifs is 1. The quantitative estimate of drug-likeness (QED) is 0.589. The van der Waals surface area contributed by atoms with Crippen LogP contribution in [0.1, 0.15) is 34.9 Å². The molecule has 0 saturated heterocycles. The molecule has 1 atom stereocenters. The van der Waals surface area contributed by atoms with Gasteiger partial charge in [0.25, 0.3) is 0 Å². The molecule has 1 N–H and O–H groups in total. The minimum absolute atomic E-state index is 0.110. The summed E-state index contributed by atoms with van der Waals surface area (Å²) in [5, 5.41) is 8.81. The van der Waals surface area contributed by atoms with Crippen molar-refractivity contribution in [3.8, 4) is 17.2 Å². The van der Waals surface area contributed by atoms with Crippen LogP contribution in [0.4, 0.5) is 8.78 Å². The zero-order chi connectivity index (χ0) is 21.3. The molecule has 1 heterocycles. The molecule has 30 heavy (non-hydrogen) atoms. The van der Waals surface area contributed by atoms with Crippen molar-refractivity contribution in [2.75, 3.05) is 6.61 Å². The van der Waals surface area contributed by atoms with Crippen LogP contribution in [0, 0.1) is 6.92 Å². The number of aromatic nitrogens is 1. The predicted molar refractivity (Wildman–Crippen MR) is 106 cm³/mol. The van der Waals surface area contributed by atoms with Gasteiger partial charge < -0.3 is 14.3 Å². The number of carbonyl (C=O) groups is 1. The highest BCUT2D eigenvalue weighted by atomic mass is 19.3. The molecule has 0 radical (unpaired) electrons. The minimum Gasteiger partial charge on any atom is -0.493 e. The van der Waals surface area contributed by atoms with Gasteiger partial charge in [-0.2, -0.15) is 8.78 Å². The van der Waals surface area contributed by atoms with E-state index in [1.807, 2.05) is 37.3 Å². The van der Waals surface area contributed by atoms with Gasteiger partial charge in [-0.25, -0.2) is 9.78 Å². The van der Waals surface area contributed by atoms with E-state index < -0.39 is 17.8 Å². The lowest BCUT2D eigenvalue weighted by atomic mass is 9.94. The maximum absolute atomic E-state index is 13.9. The molecule has 7 heteroatoms. The zero-order valence-electron chi connectivity index (χ0n) is 16.4. The summed E-state index contributed by atoms with van der Waals surface area (Å²) < 4.78 is 39.4. The zero-order valence-corrected chi connectivity index (χ0v) is 16.4. The normalized spacial score (nSPS) is 15.8. The lowest BCUT2D eigenvalue weighted by Crippen LogP contribution is -2.34. The molecule has 3 aromatic rings. The van der Waals surface area contributed by atoms with Gasteiger partial charge in [-0.3, -0.25) is 0 Å². The molecule has 0 amide bonds. The standard InChI is InChI=1S/C23H21F2NO4/c1-14-20(26-21(30-14)15-5-3-2-4-6-15)11-12-29-17-8-9-18-16(13-17)7-10-19(18)23(24,25)22(27)28/h2-6,8-9,13,19H,7,10-12H2,1H3,(H,27,28). The van der Waals surface area contributed by atoms with Crippen LogP contribution in [-0.2, 0) is 17.6 Å². The Morgan fingerprint density at radius 2 is 2.03 bits per heavy atom. The van der Waals surface area contributed by atoms with E-state index >= 15 is 0 Å². The Labute approximate surface area is 172 Å². The van der Waals surface area contributed by atoms with Crippen molar-refractivity contribution < 1.29 is 27.8 Å². The second-order valence-electron chi connectivity index (χ2n) is 7.37. The van der Waals surface area contributed by atoms with E-state index in [1.165, 1.54) is 0 Å². The maximum atomic E-state index is 13.9. The van der Waals surface area contributed by atoms with Crippen molar-refractivity contribution in [2.45, 2.75) is 38.0 Å². The Morgan fingerprint density at radius 3 is 2.77 bits per heavy atom. The Morgan fingerprint density at radius 1 is 1.27 bits per heavy atom. The highest BCUT2D eigenvalue weighted by molar-refractivity contribution is 5.77. The average Bonchev–Trinajstić information content (AvgIpc) is 3.32. The first kappa shape index (κ1) is 20.1. The second kappa shape index (κ2) is 7.89. The van der Waals surface area contributed by atoms with Crippen molar-refractivity contribution in [1.29, 1.82) is 0 Å². The molecule has 1 unspecified atom stereocenters.